The smallest absolute Gasteiger partial charge is 0.245 e. The summed E-state index contributed by atoms with van der Waals surface area (Å²) < 4.78 is 0. The molecule has 1 aromatic rings. The zero-order valence-electron chi connectivity index (χ0n) is 16.4. The second kappa shape index (κ2) is 10.3. The molecule has 0 unspecified atom stereocenters. The van der Waals surface area contributed by atoms with E-state index in [0.29, 0.717) is 38.5 Å². The summed E-state index contributed by atoms with van der Waals surface area (Å²) >= 11 is 5.45. The largest absolute Gasteiger partial charge is 0.362 e. The number of carbonyl (C=O) groups excluding carboxylic acids is 2. The molecule has 1 aliphatic rings. The molecule has 2 amide bonds. The summed E-state index contributed by atoms with van der Waals surface area (Å²) in [6, 6.07) is 9.22. The number of benzene rings is 1. The predicted octanol–water partition coefficient (Wildman–Crippen LogP) is 1.41. The minimum absolute atomic E-state index is 0.0326. The predicted molar refractivity (Wildman–Crippen MR) is 111 cm³/mol. The SMILES string of the molecule is CC(=O)N[C@@H](Cc1ccccc1)C(=O)N1CCN(C(=S)NCC(C)C)CC1. The molecule has 7 heteroatoms. The Balaban J connectivity index is 1.92. The quantitative estimate of drug-likeness (QED) is 0.719. The fourth-order valence-corrected chi connectivity index (χ4v) is 3.31. The summed E-state index contributed by atoms with van der Waals surface area (Å²) in [6.07, 6.45) is 0.494. The van der Waals surface area contributed by atoms with E-state index in [-0.39, 0.29) is 11.8 Å². The van der Waals surface area contributed by atoms with Crippen LogP contribution in [0, 0.1) is 5.92 Å². The first-order valence-corrected chi connectivity index (χ1v) is 9.90. The number of hydrogen-bond donors (Lipinski definition) is 2. The first kappa shape index (κ1) is 21.2. The molecule has 1 aliphatic heterocycles. The van der Waals surface area contributed by atoms with E-state index in [2.05, 4.69) is 29.4 Å². The lowest BCUT2D eigenvalue weighted by atomic mass is 10.0. The van der Waals surface area contributed by atoms with E-state index in [9.17, 15) is 9.59 Å². The average molecular weight is 391 g/mol. The molecule has 0 bridgehead atoms. The lowest BCUT2D eigenvalue weighted by Gasteiger charge is -2.37. The van der Waals surface area contributed by atoms with Gasteiger partial charge in [-0.15, -0.1) is 0 Å². The van der Waals surface area contributed by atoms with Crippen LogP contribution in [-0.4, -0.2) is 65.5 Å². The number of nitrogens with zero attached hydrogens (tertiary/aromatic N) is 2. The van der Waals surface area contributed by atoms with Crippen molar-refractivity contribution in [1.82, 2.24) is 20.4 Å². The Morgan fingerprint density at radius 3 is 2.22 bits per heavy atom. The number of thiocarbonyl (C=S) groups is 1. The molecule has 1 saturated heterocycles. The molecule has 2 rings (SSSR count). The van der Waals surface area contributed by atoms with Crippen LogP contribution in [0.2, 0.25) is 0 Å². The highest BCUT2D eigenvalue weighted by atomic mass is 32.1. The van der Waals surface area contributed by atoms with E-state index in [0.717, 1.165) is 17.2 Å². The van der Waals surface area contributed by atoms with E-state index >= 15 is 0 Å². The molecule has 0 saturated carbocycles. The van der Waals surface area contributed by atoms with Crippen LogP contribution in [0.3, 0.4) is 0 Å². The third-order valence-electron chi connectivity index (χ3n) is 4.50. The summed E-state index contributed by atoms with van der Waals surface area (Å²) in [6.45, 7) is 9.19. The van der Waals surface area contributed by atoms with Crippen molar-refractivity contribution < 1.29 is 9.59 Å². The lowest BCUT2D eigenvalue weighted by molar-refractivity contribution is -0.137. The highest BCUT2D eigenvalue weighted by molar-refractivity contribution is 7.80. The van der Waals surface area contributed by atoms with E-state index in [1.807, 2.05) is 35.2 Å². The van der Waals surface area contributed by atoms with Gasteiger partial charge in [0.2, 0.25) is 11.8 Å². The van der Waals surface area contributed by atoms with Crippen molar-refractivity contribution in [1.29, 1.82) is 0 Å². The topological polar surface area (TPSA) is 64.7 Å². The molecule has 27 heavy (non-hydrogen) atoms. The third kappa shape index (κ3) is 6.82. The van der Waals surface area contributed by atoms with Gasteiger partial charge >= 0.3 is 0 Å². The van der Waals surface area contributed by atoms with Gasteiger partial charge in [0, 0.05) is 46.1 Å². The van der Waals surface area contributed by atoms with Crippen LogP contribution in [0.25, 0.3) is 0 Å². The summed E-state index contributed by atoms with van der Waals surface area (Å²) in [5.41, 5.74) is 1.03. The van der Waals surface area contributed by atoms with Gasteiger partial charge in [0.25, 0.3) is 0 Å². The van der Waals surface area contributed by atoms with E-state index in [1.54, 1.807) is 0 Å². The van der Waals surface area contributed by atoms with E-state index in [1.165, 1.54) is 6.92 Å². The Morgan fingerprint density at radius 2 is 1.67 bits per heavy atom. The van der Waals surface area contributed by atoms with Gasteiger partial charge in [0.1, 0.15) is 6.04 Å². The van der Waals surface area contributed by atoms with Crippen LogP contribution in [0.4, 0.5) is 0 Å². The molecule has 1 atom stereocenters. The van der Waals surface area contributed by atoms with Crippen LogP contribution in [-0.2, 0) is 16.0 Å². The number of hydrogen-bond acceptors (Lipinski definition) is 3. The van der Waals surface area contributed by atoms with Crippen LogP contribution >= 0.6 is 12.2 Å². The number of amides is 2. The maximum absolute atomic E-state index is 13.0. The van der Waals surface area contributed by atoms with Gasteiger partial charge in [-0.1, -0.05) is 44.2 Å². The normalized spacial score (nSPS) is 15.4. The number of nitrogens with one attached hydrogen (secondary N) is 2. The monoisotopic (exact) mass is 390 g/mol. The molecule has 0 aromatic heterocycles. The maximum Gasteiger partial charge on any atom is 0.245 e. The van der Waals surface area contributed by atoms with E-state index in [4.69, 9.17) is 12.2 Å². The molecule has 2 N–H and O–H groups in total. The van der Waals surface area contributed by atoms with Gasteiger partial charge in [-0.25, -0.2) is 0 Å². The first-order chi connectivity index (χ1) is 12.9. The van der Waals surface area contributed by atoms with Crippen LogP contribution in [0.1, 0.15) is 26.3 Å². The lowest BCUT2D eigenvalue weighted by Crippen LogP contribution is -2.57. The van der Waals surface area contributed by atoms with Crippen molar-refractivity contribution in [3.63, 3.8) is 0 Å². The minimum Gasteiger partial charge on any atom is -0.362 e. The fourth-order valence-electron chi connectivity index (χ4n) is 3.05. The Bertz CT molecular complexity index is 643. The van der Waals surface area contributed by atoms with Crippen molar-refractivity contribution >= 4 is 29.1 Å². The second-order valence-corrected chi connectivity index (χ2v) is 7.72. The summed E-state index contributed by atoms with van der Waals surface area (Å²) in [4.78, 5) is 28.5. The fraction of sp³-hybridized carbons (Fsp3) is 0.550. The van der Waals surface area contributed by atoms with Crippen molar-refractivity contribution in [2.45, 2.75) is 33.2 Å². The van der Waals surface area contributed by atoms with Gasteiger partial charge in [-0.05, 0) is 23.7 Å². The van der Waals surface area contributed by atoms with Crippen molar-refractivity contribution in [3.05, 3.63) is 35.9 Å². The zero-order valence-corrected chi connectivity index (χ0v) is 17.2. The third-order valence-corrected chi connectivity index (χ3v) is 4.90. The van der Waals surface area contributed by atoms with Crippen LogP contribution in [0.15, 0.2) is 30.3 Å². The molecule has 1 aromatic carbocycles. The summed E-state index contributed by atoms with van der Waals surface area (Å²) in [5.74, 6) is 0.305. The van der Waals surface area contributed by atoms with Gasteiger partial charge in [0.05, 0.1) is 0 Å². The van der Waals surface area contributed by atoms with E-state index < -0.39 is 6.04 Å². The summed E-state index contributed by atoms with van der Waals surface area (Å²) in [7, 11) is 0. The molecule has 0 spiro atoms. The molecular weight excluding hydrogens is 360 g/mol. The van der Waals surface area contributed by atoms with Crippen molar-refractivity contribution in [2.75, 3.05) is 32.7 Å². The Hall–Kier alpha value is -2.15. The Kier molecular flexibility index (Phi) is 8.03. The highest BCUT2D eigenvalue weighted by Gasteiger charge is 2.28. The minimum atomic E-state index is -0.539. The zero-order chi connectivity index (χ0) is 19.8. The number of rotatable bonds is 6. The average Bonchev–Trinajstić information content (AvgIpc) is 2.65. The second-order valence-electron chi connectivity index (χ2n) is 7.34. The molecule has 0 aliphatic carbocycles. The van der Waals surface area contributed by atoms with Gasteiger partial charge in [-0.3, -0.25) is 9.59 Å². The van der Waals surface area contributed by atoms with Crippen LogP contribution < -0.4 is 10.6 Å². The first-order valence-electron chi connectivity index (χ1n) is 9.49. The standard InChI is InChI=1S/C20H30N4O2S/c1-15(2)14-21-20(27)24-11-9-23(10-12-24)19(26)18(22-16(3)25)13-17-7-5-4-6-8-17/h4-8,15,18H,9-14H2,1-3H3,(H,21,27)(H,22,25)/t18-/m0/s1. The number of carbonyl (C=O) groups is 2. The maximum atomic E-state index is 13.0. The Labute approximate surface area is 167 Å². The van der Waals surface area contributed by atoms with Gasteiger partial charge in [-0.2, -0.15) is 0 Å². The highest BCUT2D eigenvalue weighted by Crippen LogP contribution is 2.09. The molecule has 1 fully saturated rings. The van der Waals surface area contributed by atoms with Crippen LogP contribution in [0.5, 0.6) is 0 Å². The molecule has 148 valence electrons. The molecule has 6 nitrogen and oxygen atoms in total. The summed E-state index contributed by atoms with van der Waals surface area (Å²) in [5, 5.41) is 6.83. The molecular formula is C20H30N4O2S. The molecule has 0 radical (unpaired) electrons. The Morgan fingerprint density at radius 1 is 1.07 bits per heavy atom. The van der Waals surface area contributed by atoms with Gasteiger partial charge in [0.15, 0.2) is 5.11 Å². The number of piperazine rings is 1. The molecule has 1 heterocycles. The van der Waals surface area contributed by atoms with Crippen molar-refractivity contribution in [2.24, 2.45) is 5.92 Å². The van der Waals surface area contributed by atoms with Gasteiger partial charge < -0.3 is 20.4 Å². The van der Waals surface area contributed by atoms with Crippen molar-refractivity contribution in [3.8, 4) is 0 Å².